The normalized spacial score (nSPS) is 12.7. The predicted octanol–water partition coefficient (Wildman–Crippen LogP) is 3.56. The molecule has 0 saturated carbocycles. The molecular weight excluding hydrogens is 274 g/mol. The third kappa shape index (κ3) is 3.55. The van der Waals surface area contributed by atoms with E-state index >= 15 is 0 Å². The van der Waals surface area contributed by atoms with Crippen LogP contribution in [0.4, 0.5) is 0 Å². The first-order valence-electron chi connectivity index (χ1n) is 6.24. The van der Waals surface area contributed by atoms with Gasteiger partial charge in [0.05, 0.1) is 0 Å². The van der Waals surface area contributed by atoms with Crippen molar-refractivity contribution >= 4 is 23.3 Å². The van der Waals surface area contributed by atoms with Crippen LogP contribution in [0.15, 0.2) is 16.5 Å². The van der Waals surface area contributed by atoms with Crippen LogP contribution in [-0.4, -0.2) is 15.1 Å². The third-order valence-corrected chi connectivity index (χ3v) is 5.05. The largest absolute Gasteiger partial charge is 0.323 e. The number of rotatable bonds is 4. The van der Waals surface area contributed by atoms with Crippen molar-refractivity contribution in [3.05, 3.63) is 40.2 Å². The van der Waals surface area contributed by atoms with Crippen LogP contribution in [0.5, 0.6) is 0 Å². The molecule has 2 N–H and O–H groups in total. The molecule has 0 spiro atoms. The quantitative estimate of drug-likeness (QED) is 0.876. The van der Waals surface area contributed by atoms with E-state index in [-0.39, 0.29) is 6.04 Å². The lowest BCUT2D eigenvalue weighted by molar-refractivity contribution is 0.812. The molecule has 0 amide bonds. The van der Waals surface area contributed by atoms with E-state index in [1.165, 1.54) is 33.8 Å². The lowest BCUT2D eigenvalue weighted by Gasteiger charge is -2.17. The Morgan fingerprint density at radius 2 is 1.84 bits per heavy atom. The molecule has 0 aliphatic rings. The van der Waals surface area contributed by atoms with E-state index in [2.05, 4.69) is 42.3 Å². The van der Waals surface area contributed by atoms with Crippen molar-refractivity contribution in [1.82, 2.24) is 9.36 Å². The molecule has 0 fully saturated rings. The summed E-state index contributed by atoms with van der Waals surface area (Å²) < 4.78 is 5.18. The lowest BCUT2D eigenvalue weighted by Crippen LogP contribution is -2.16. The molecule has 1 heterocycles. The fourth-order valence-corrected chi connectivity index (χ4v) is 3.99. The topological polar surface area (TPSA) is 51.8 Å². The zero-order valence-corrected chi connectivity index (χ0v) is 13.4. The van der Waals surface area contributed by atoms with E-state index in [1.54, 1.807) is 11.8 Å². The van der Waals surface area contributed by atoms with Crippen LogP contribution < -0.4 is 5.73 Å². The Morgan fingerprint density at radius 1 is 1.21 bits per heavy atom. The average molecular weight is 293 g/mol. The Kier molecular flexibility index (Phi) is 4.60. The zero-order chi connectivity index (χ0) is 14.0. The van der Waals surface area contributed by atoms with Gasteiger partial charge in [0.25, 0.3) is 0 Å². The van der Waals surface area contributed by atoms with Gasteiger partial charge in [0.1, 0.15) is 5.82 Å². The van der Waals surface area contributed by atoms with Gasteiger partial charge in [-0.2, -0.15) is 4.37 Å². The molecule has 102 valence electrons. The number of aryl methyl sites for hydroxylation is 4. The van der Waals surface area contributed by atoms with E-state index in [9.17, 15) is 0 Å². The summed E-state index contributed by atoms with van der Waals surface area (Å²) in [5.74, 6) is 1.67. The molecule has 1 aromatic heterocycles. The first kappa shape index (κ1) is 14.5. The highest BCUT2D eigenvalue weighted by Crippen LogP contribution is 2.28. The van der Waals surface area contributed by atoms with Crippen molar-refractivity contribution in [2.24, 2.45) is 5.73 Å². The smallest absolute Gasteiger partial charge is 0.170 e. The van der Waals surface area contributed by atoms with Crippen LogP contribution in [0.2, 0.25) is 0 Å². The molecule has 1 unspecified atom stereocenters. The fourth-order valence-electron chi connectivity index (χ4n) is 2.36. The second-order valence-corrected chi connectivity index (χ2v) is 6.86. The number of hydrogen-bond donors (Lipinski definition) is 1. The van der Waals surface area contributed by atoms with Gasteiger partial charge in [-0.25, -0.2) is 4.98 Å². The van der Waals surface area contributed by atoms with E-state index in [1.807, 2.05) is 6.92 Å². The van der Waals surface area contributed by atoms with E-state index in [4.69, 9.17) is 5.73 Å². The van der Waals surface area contributed by atoms with Crippen LogP contribution in [-0.2, 0) is 0 Å². The Balaban J connectivity index is 2.10. The van der Waals surface area contributed by atoms with E-state index < -0.39 is 0 Å². The maximum absolute atomic E-state index is 6.34. The molecule has 2 rings (SSSR count). The number of benzene rings is 1. The van der Waals surface area contributed by atoms with Gasteiger partial charge < -0.3 is 5.73 Å². The van der Waals surface area contributed by atoms with Crippen LogP contribution in [0.3, 0.4) is 0 Å². The van der Waals surface area contributed by atoms with E-state index in [0.717, 1.165) is 15.9 Å². The number of nitrogens with zero attached hydrogens (tertiary/aromatic N) is 2. The minimum Gasteiger partial charge on any atom is -0.323 e. The second kappa shape index (κ2) is 6.03. The van der Waals surface area contributed by atoms with Crippen molar-refractivity contribution in [3.8, 4) is 0 Å². The molecule has 19 heavy (non-hydrogen) atoms. The van der Waals surface area contributed by atoms with Crippen molar-refractivity contribution in [2.45, 2.75) is 38.1 Å². The van der Waals surface area contributed by atoms with Crippen molar-refractivity contribution < 1.29 is 0 Å². The van der Waals surface area contributed by atoms with Crippen LogP contribution in [0.1, 0.15) is 34.1 Å². The summed E-state index contributed by atoms with van der Waals surface area (Å²) in [5.41, 5.74) is 11.4. The lowest BCUT2D eigenvalue weighted by atomic mass is 9.95. The molecule has 0 aliphatic carbocycles. The molecule has 2 aromatic rings. The van der Waals surface area contributed by atoms with Gasteiger partial charge in [-0.05, 0) is 55.9 Å². The summed E-state index contributed by atoms with van der Waals surface area (Å²) in [6, 6.07) is 4.43. The minimum absolute atomic E-state index is 0.0369. The summed E-state index contributed by atoms with van der Waals surface area (Å²) >= 11 is 3.13. The van der Waals surface area contributed by atoms with Gasteiger partial charge in [-0.15, -0.1) is 0 Å². The molecule has 1 aromatic carbocycles. The SMILES string of the molecule is Cc1cc(C)c(C(N)CSc2nc(C)ns2)c(C)c1. The summed E-state index contributed by atoms with van der Waals surface area (Å²) in [5, 5.41) is 0. The molecule has 0 bridgehead atoms. The van der Waals surface area contributed by atoms with Crippen LogP contribution in [0, 0.1) is 27.7 Å². The van der Waals surface area contributed by atoms with Crippen molar-refractivity contribution in [1.29, 1.82) is 0 Å². The minimum atomic E-state index is 0.0369. The molecule has 1 atom stereocenters. The number of aromatic nitrogens is 2. The van der Waals surface area contributed by atoms with Gasteiger partial charge in [0, 0.05) is 11.8 Å². The molecule has 0 aliphatic heterocycles. The van der Waals surface area contributed by atoms with Gasteiger partial charge in [0.15, 0.2) is 4.34 Å². The summed E-state index contributed by atoms with van der Waals surface area (Å²) in [6.45, 7) is 8.30. The average Bonchev–Trinajstić information content (AvgIpc) is 2.71. The monoisotopic (exact) mass is 293 g/mol. The summed E-state index contributed by atoms with van der Waals surface area (Å²) in [4.78, 5) is 4.35. The van der Waals surface area contributed by atoms with Gasteiger partial charge in [0.2, 0.25) is 0 Å². The molecule has 3 nitrogen and oxygen atoms in total. The highest BCUT2D eigenvalue weighted by molar-refractivity contribution is 8.00. The summed E-state index contributed by atoms with van der Waals surface area (Å²) in [7, 11) is 0. The fraction of sp³-hybridized carbons (Fsp3) is 0.429. The van der Waals surface area contributed by atoms with Gasteiger partial charge >= 0.3 is 0 Å². The Labute approximate surface area is 122 Å². The maximum Gasteiger partial charge on any atom is 0.170 e. The van der Waals surface area contributed by atoms with Gasteiger partial charge in [-0.1, -0.05) is 29.5 Å². The second-order valence-electron chi connectivity index (χ2n) is 4.84. The Bertz CT molecular complexity index is 555. The highest BCUT2D eigenvalue weighted by atomic mass is 32.2. The first-order valence-corrected chi connectivity index (χ1v) is 7.99. The number of hydrogen-bond acceptors (Lipinski definition) is 5. The Morgan fingerprint density at radius 3 is 2.37 bits per heavy atom. The van der Waals surface area contributed by atoms with Crippen LogP contribution in [0.25, 0.3) is 0 Å². The number of nitrogens with two attached hydrogens (primary N) is 1. The molecule has 0 saturated heterocycles. The Hall–Kier alpha value is -0.910. The van der Waals surface area contributed by atoms with Crippen LogP contribution >= 0.6 is 23.3 Å². The van der Waals surface area contributed by atoms with E-state index in [0.29, 0.717) is 0 Å². The number of thioether (sulfide) groups is 1. The first-order chi connectivity index (χ1) is 8.97. The van der Waals surface area contributed by atoms with Crippen molar-refractivity contribution in [3.63, 3.8) is 0 Å². The maximum atomic E-state index is 6.34. The molecule has 5 heteroatoms. The van der Waals surface area contributed by atoms with Crippen molar-refractivity contribution in [2.75, 3.05) is 5.75 Å². The zero-order valence-electron chi connectivity index (χ0n) is 11.7. The standard InChI is InChI=1S/C14H19N3S2/c1-8-5-9(2)13(10(3)6-8)12(15)7-18-14-16-11(4)17-19-14/h5-6,12H,7,15H2,1-4H3. The molecular formula is C14H19N3S2. The summed E-state index contributed by atoms with van der Waals surface area (Å²) in [6.07, 6.45) is 0. The van der Waals surface area contributed by atoms with Gasteiger partial charge in [-0.3, -0.25) is 0 Å². The predicted molar refractivity (Wildman–Crippen MR) is 83.0 cm³/mol. The third-order valence-electron chi connectivity index (χ3n) is 3.00. The molecule has 0 radical (unpaired) electrons. The highest BCUT2D eigenvalue weighted by Gasteiger charge is 2.14.